The Morgan fingerprint density at radius 3 is 2.60 bits per heavy atom. The molecule has 0 atom stereocenters. The van der Waals surface area contributed by atoms with Crippen LogP contribution in [0.15, 0.2) is 12.3 Å². The molecule has 1 aromatic rings. The first-order chi connectivity index (χ1) is 9.58. The Kier molecular flexibility index (Phi) is 7.60. The first-order valence-corrected chi connectivity index (χ1v) is 7.99. The van der Waals surface area contributed by atoms with Gasteiger partial charge in [-0.25, -0.2) is 4.98 Å². The Hall–Kier alpha value is -1.09. The lowest BCUT2D eigenvalue weighted by atomic mass is 10.1. The highest BCUT2D eigenvalue weighted by Crippen LogP contribution is 2.18. The Balaban J connectivity index is 2.66. The summed E-state index contributed by atoms with van der Waals surface area (Å²) in [6.07, 6.45) is 4.48. The number of unbranched alkanes of at least 4 members (excludes halogenated alkanes) is 1. The summed E-state index contributed by atoms with van der Waals surface area (Å²) in [7, 11) is 0. The Morgan fingerprint density at radius 2 is 2.05 bits per heavy atom. The Bertz CT molecular complexity index is 388. The van der Waals surface area contributed by atoms with Crippen LogP contribution < -0.4 is 10.2 Å². The normalized spacial score (nSPS) is 11.1. The number of anilines is 1. The minimum atomic E-state index is 0.688. The van der Waals surface area contributed by atoms with Gasteiger partial charge in [0.25, 0.3) is 0 Å². The summed E-state index contributed by atoms with van der Waals surface area (Å²) in [4.78, 5) is 7.07. The second kappa shape index (κ2) is 8.96. The van der Waals surface area contributed by atoms with Gasteiger partial charge in [-0.15, -0.1) is 0 Å². The first-order valence-electron chi connectivity index (χ1n) is 7.99. The van der Waals surface area contributed by atoms with Crippen molar-refractivity contribution in [2.24, 2.45) is 5.92 Å². The molecule has 0 bridgehead atoms. The van der Waals surface area contributed by atoms with Crippen LogP contribution in [0.5, 0.6) is 0 Å². The van der Waals surface area contributed by atoms with Crippen LogP contribution in [0.1, 0.15) is 51.7 Å². The van der Waals surface area contributed by atoms with Gasteiger partial charge in [0.15, 0.2) is 0 Å². The minimum absolute atomic E-state index is 0.688. The molecule has 0 saturated carbocycles. The molecule has 0 aliphatic carbocycles. The Labute approximate surface area is 124 Å². The third-order valence-corrected chi connectivity index (χ3v) is 3.45. The van der Waals surface area contributed by atoms with Gasteiger partial charge < -0.3 is 10.2 Å². The zero-order chi connectivity index (χ0) is 15.0. The molecule has 0 aliphatic rings. The maximum atomic E-state index is 4.69. The largest absolute Gasteiger partial charge is 0.357 e. The lowest BCUT2D eigenvalue weighted by molar-refractivity contribution is 0.551. The summed E-state index contributed by atoms with van der Waals surface area (Å²) < 4.78 is 0. The van der Waals surface area contributed by atoms with Crippen LogP contribution in [0.4, 0.5) is 5.82 Å². The van der Waals surface area contributed by atoms with Gasteiger partial charge in [0.05, 0.1) is 0 Å². The van der Waals surface area contributed by atoms with E-state index in [0.717, 1.165) is 32.0 Å². The zero-order valence-corrected chi connectivity index (χ0v) is 13.9. The van der Waals surface area contributed by atoms with Gasteiger partial charge in [-0.05, 0) is 49.9 Å². The minimum Gasteiger partial charge on any atom is -0.357 e. The molecule has 0 radical (unpaired) electrons. The first kappa shape index (κ1) is 17.0. The van der Waals surface area contributed by atoms with Crippen molar-refractivity contribution in [2.75, 3.05) is 24.5 Å². The smallest absolute Gasteiger partial charge is 0.131 e. The molecule has 0 aliphatic heterocycles. The summed E-state index contributed by atoms with van der Waals surface area (Å²) in [6, 6.07) is 2.27. The molecule has 3 nitrogen and oxygen atoms in total. The molecule has 0 amide bonds. The van der Waals surface area contributed by atoms with Crippen LogP contribution in [-0.4, -0.2) is 24.6 Å². The molecule has 0 unspecified atom stereocenters. The summed E-state index contributed by atoms with van der Waals surface area (Å²) in [5.74, 6) is 1.83. The average molecular weight is 277 g/mol. The number of hydrogen-bond donors (Lipinski definition) is 1. The van der Waals surface area contributed by atoms with Crippen LogP contribution >= 0.6 is 0 Å². The fourth-order valence-electron chi connectivity index (χ4n) is 2.32. The number of pyridine rings is 1. The topological polar surface area (TPSA) is 28.2 Å². The predicted molar refractivity (Wildman–Crippen MR) is 88.3 cm³/mol. The van der Waals surface area contributed by atoms with Crippen LogP contribution in [-0.2, 0) is 6.54 Å². The van der Waals surface area contributed by atoms with Crippen LogP contribution in [0, 0.1) is 12.8 Å². The highest BCUT2D eigenvalue weighted by molar-refractivity contribution is 5.47. The Morgan fingerprint density at radius 1 is 1.30 bits per heavy atom. The molecule has 0 saturated heterocycles. The number of aryl methyl sites for hydroxylation is 1. The molecule has 1 heterocycles. The lowest BCUT2D eigenvalue weighted by Crippen LogP contribution is -2.26. The standard InChI is InChI=1S/C17H31N3/c1-6-8-9-20(7-2)17-15(5)10-16(13-19-17)12-18-11-14(3)4/h10,13-14,18H,6-9,11-12H2,1-5H3. The van der Waals surface area contributed by atoms with Crippen LogP contribution in [0.2, 0.25) is 0 Å². The molecule has 3 heteroatoms. The van der Waals surface area contributed by atoms with Crippen molar-refractivity contribution < 1.29 is 0 Å². The van der Waals surface area contributed by atoms with Crippen molar-refractivity contribution in [1.82, 2.24) is 10.3 Å². The van der Waals surface area contributed by atoms with Crippen molar-refractivity contribution >= 4 is 5.82 Å². The third kappa shape index (κ3) is 5.49. The molecule has 20 heavy (non-hydrogen) atoms. The van der Waals surface area contributed by atoms with Crippen molar-refractivity contribution in [3.63, 3.8) is 0 Å². The monoisotopic (exact) mass is 277 g/mol. The number of rotatable bonds is 9. The fraction of sp³-hybridized carbons (Fsp3) is 0.706. The van der Waals surface area contributed by atoms with Crippen molar-refractivity contribution in [2.45, 2.75) is 54.0 Å². The summed E-state index contributed by atoms with van der Waals surface area (Å²) in [5.41, 5.74) is 2.56. The van der Waals surface area contributed by atoms with E-state index in [-0.39, 0.29) is 0 Å². The van der Waals surface area contributed by atoms with E-state index in [0.29, 0.717) is 5.92 Å². The van der Waals surface area contributed by atoms with Gasteiger partial charge in [0, 0.05) is 25.8 Å². The third-order valence-electron chi connectivity index (χ3n) is 3.45. The quantitative estimate of drug-likeness (QED) is 0.745. The molecule has 0 fully saturated rings. The molecule has 0 aromatic carbocycles. The predicted octanol–water partition coefficient (Wildman–Crippen LogP) is 3.76. The van der Waals surface area contributed by atoms with Gasteiger partial charge in [-0.1, -0.05) is 27.2 Å². The molecular formula is C17H31N3. The molecule has 1 N–H and O–H groups in total. The van der Waals surface area contributed by atoms with E-state index >= 15 is 0 Å². The number of nitrogens with one attached hydrogen (secondary N) is 1. The van der Waals surface area contributed by atoms with E-state index < -0.39 is 0 Å². The van der Waals surface area contributed by atoms with E-state index in [9.17, 15) is 0 Å². The number of hydrogen-bond acceptors (Lipinski definition) is 3. The second-order valence-corrected chi connectivity index (χ2v) is 5.94. The molecule has 0 spiro atoms. The second-order valence-electron chi connectivity index (χ2n) is 5.94. The van der Waals surface area contributed by atoms with Gasteiger partial charge in [-0.3, -0.25) is 0 Å². The van der Waals surface area contributed by atoms with E-state index in [1.165, 1.54) is 24.0 Å². The van der Waals surface area contributed by atoms with Gasteiger partial charge in [-0.2, -0.15) is 0 Å². The summed E-state index contributed by atoms with van der Waals surface area (Å²) in [5, 5.41) is 3.47. The molecule has 1 aromatic heterocycles. The SMILES string of the molecule is CCCCN(CC)c1ncc(CNCC(C)C)cc1C. The van der Waals surface area contributed by atoms with Gasteiger partial charge >= 0.3 is 0 Å². The maximum Gasteiger partial charge on any atom is 0.131 e. The van der Waals surface area contributed by atoms with Crippen LogP contribution in [0.25, 0.3) is 0 Å². The van der Waals surface area contributed by atoms with E-state index in [1.54, 1.807) is 0 Å². The van der Waals surface area contributed by atoms with Gasteiger partial charge in [0.2, 0.25) is 0 Å². The fourth-order valence-corrected chi connectivity index (χ4v) is 2.32. The van der Waals surface area contributed by atoms with E-state index in [1.807, 2.05) is 6.20 Å². The number of aromatic nitrogens is 1. The maximum absolute atomic E-state index is 4.69. The van der Waals surface area contributed by atoms with Crippen molar-refractivity contribution in [3.05, 3.63) is 23.4 Å². The number of nitrogens with zero attached hydrogens (tertiary/aromatic N) is 2. The molecule has 1 rings (SSSR count). The van der Waals surface area contributed by atoms with Crippen LogP contribution in [0.3, 0.4) is 0 Å². The summed E-state index contributed by atoms with van der Waals surface area (Å²) in [6.45, 7) is 15.2. The highest BCUT2D eigenvalue weighted by Gasteiger charge is 2.09. The molecular weight excluding hydrogens is 246 g/mol. The van der Waals surface area contributed by atoms with Gasteiger partial charge in [0.1, 0.15) is 5.82 Å². The lowest BCUT2D eigenvalue weighted by Gasteiger charge is -2.23. The van der Waals surface area contributed by atoms with Crippen molar-refractivity contribution in [1.29, 1.82) is 0 Å². The van der Waals surface area contributed by atoms with E-state index in [2.05, 4.69) is 55.9 Å². The van der Waals surface area contributed by atoms with E-state index in [4.69, 9.17) is 0 Å². The molecule has 114 valence electrons. The summed E-state index contributed by atoms with van der Waals surface area (Å²) >= 11 is 0. The highest BCUT2D eigenvalue weighted by atomic mass is 15.2. The average Bonchev–Trinajstić information content (AvgIpc) is 2.41. The van der Waals surface area contributed by atoms with Crippen molar-refractivity contribution in [3.8, 4) is 0 Å². The zero-order valence-electron chi connectivity index (χ0n) is 13.9.